The Morgan fingerprint density at radius 1 is 1.26 bits per heavy atom. The van der Waals surface area contributed by atoms with Gasteiger partial charge in [0.1, 0.15) is 0 Å². The molecule has 0 aromatic heterocycles. The first-order chi connectivity index (χ1) is 8.98. The van der Waals surface area contributed by atoms with Gasteiger partial charge in [-0.25, -0.2) is 0 Å². The smallest absolute Gasteiger partial charge is 0.0356 e. The van der Waals surface area contributed by atoms with Gasteiger partial charge in [-0.15, -0.1) is 0 Å². The van der Waals surface area contributed by atoms with Crippen molar-refractivity contribution >= 4 is 0 Å². The predicted octanol–water partition coefficient (Wildman–Crippen LogP) is 2.02. The quantitative estimate of drug-likeness (QED) is 0.846. The van der Waals surface area contributed by atoms with Crippen molar-refractivity contribution < 1.29 is 0 Å². The second-order valence-corrected chi connectivity index (χ2v) is 7.39. The third-order valence-electron chi connectivity index (χ3n) is 5.85. The van der Waals surface area contributed by atoms with Crippen molar-refractivity contribution in [1.82, 2.24) is 9.80 Å². The number of likely N-dealkylation sites (N-methyl/N-ethyl adjacent to an activating group) is 1. The minimum Gasteiger partial charge on any atom is -0.329 e. The minimum absolute atomic E-state index is 0.249. The van der Waals surface area contributed by atoms with Crippen molar-refractivity contribution in [1.29, 1.82) is 0 Å². The van der Waals surface area contributed by atoms with Crippen molar-refractivity contribution in [2.24, 2.45) is 23.5 Å². The fourth-order valence-corrected chi connectivity index (χ4v) is 4.43. The SMILES string of the molecule is CC1CCC(C)C(CN)(N(C)CC2CCN(C)C2)C1. The van der Waals surface area contributed by atoms with Crippen molar-refractivity contribution in [3.05, 3.63) is 0 Å². The number of hydrogen-bond acceptors (Lipinski definition) is 3. The summed E-state index contributed by atoms with van der Waals surface area (Å²) in [5.74, 6) is 2.40. The molecular formula is C16H33N3. The molecule has 0 aromatic rings. The lowest BCUT2D eigenvalue weighted by Crippen LogP contribution is -2.60. The molecule has 0 bridgehead atoms. The molecule has 0 amide bonds. The molecule has 112 valence electrons. The first kappa shape index (κ1) is 15.3. The molecule has 1 aliphatic heterocycles. The lowest BCUT2D eigenvalue weighted by Gasteiger charge is -2.51. The predicted molar refractivity (Wildman–Crippen MR) is 82.2 cm³/mol. The van der Waals surface area contributed by atoms with Gasteiger partial charge in [0.15, 0.2) is 0 Å². The van der Waals surface area contributed by atoms with Gasteiger partial charge in [0.25, 0.3) is 0 Å². The van der Waals surface area contributed by atoms with Gasteiger partial charge in [0.05, 0.1) is 0 Å². The Kier molecular flexibility index (Phi) is 4.91. The van der Waals surface area contributed by atoms with Crippen LogP contribution in [0.1, 0.15) is 39.5 Å². The van der Waals surface area contributed by atoms with Gasteiger partial charge in [0.2, 0.25) is 0 Å². The Morgan fingerprint density at radius 3 is 2.58 bits per heavy atom. The molecule has 0 radical (unpaired) electrons. The first-order valence-electron chi connectivity index (χ1n) is 8.07. The van der Waals surface area contributed by atoms with Crippen LogP contribution in [0.5, 0.6) is 0 Å². The van der Waals surface area contributed by atoms with Crippen LogP contribution in [0.2, 0.25) is 0 Å². The number of nitrogens with two attached hydrogens (primary N) is 1. The summed E-state index contributed by atoms with van der Waals surface area (Å²) in [6, 6.07) is 0. The molecule has 0 aromatic carbocycles. The van der Waals surface area contributed by atoms with E-state index in [1.54, 1.807) is 0 Å². The Balaban J connectivity index is 2.02. The Bertz CT molecular complexity index is 294. The molecule has 4 unspecified atom stereocenters. The summed E-state index contributed by atoms with van der Waals surface area (Å²) in [5.41, 5.74) is 6.49. The van der Waals surface area contributed by atoms with E-state index in [2.05, 4.69) is 37.7 Å². The summed E-state index contributed by atoms with van der Waals surface area (Å²) < 4.78 is 0. The molecule has 3 nitrogen and oxygen atoms in total. The van der Waals surface area contributed by atoms with Gasteiger partial charge in [0, 0.05) is 25.2 Å². The van der Waals surface area contributed by atoms with Gasteiger partial charge in [-0.05, 0) is 57.7 Å². The highest BCUT2D eigenvalue weighted by Gasteiger charge is 2.43. The highest BCUT2D eigenvalue weighted by atomic mass is 15.2. The fraction of sp³-hybridized carbons (Fsp3) is 1.00. The average Bonchev–Trinajstić information content (AvgIpc) is 2.77. The minimum atomic E-state index is 0.249. The molecule has 1 saturated heterocycles. The van der Waals surface area contributed by atoms with Crippen LogP contribution in [0.15, 0.2) is 0 Å². The molecule has 1 heterocycles. The van der Waals surface area contributed by atoms with Crippen LogP contribution in [0.25, 0.3) is 0 Å². The van der Waals surface area contributed by atoms with Crippen LogP contribution >= 0.6 is 0 Å². The van der Waals surface area contributed by atoms with E-state index in [-0.39, 0.29) is 5.54 Å². The van der Waals surface area contributed by atoms with Crippen LogP contribution in [-0.2, 0) is 0 Å². The van der Waals surface area contributed by atoms with Crippen molar-refractivity contribution in [3.63, 3.8) is 0 Å². The van der Waals surface area contributed by atoms with E-state index >= 15 is 0 Å². The summed E-state index contributed by atoms with van der Waals surface area (Å²) in [5, 5.41) is 0. The Labute approximate surface area is 119 Å². The number of nitrogens with zero attached hydrogens (tertiary/aromatic N) is 2. The molecular weight excluding hydrogens is 234 g/mol. The molecule has 19 heavy (non-hydrogen) atoms. The van der Waals surface area contributed by atoms with Crippen LogP contribution in [0.4, 0.5) is 0 Å². The van der Waals surface area contributed by atoms with Crippen LogP contribution in [0, 0.1) is 17.8 Å². The molecule has 4 atom stereocenters. The third kappa shape index (κ3) is 3.14. The normalized spacial score (nSPS) is 41.1. The monoisotopic (exact) mass is 267 g/mol. The van der Waals surface area contributed by atoms with E-state index in [0.717, 1.165) is 24.3 Å². The van der Waals surface area contributed by atoms with Crippen molar-refractivity contribution in [2.45, 2.75) is 45.1 Å². The van der Waals surface area contributed by atoms with E-state index in [9.17, 15) is 0 Å². The van der Waals surface area contributed by atoms with Gasteiger partial charge < -0.3 is 10.6 Å². The fourth-order valence-electron chi connectivity index (χ4n) is 4.43. The van der Waals surface area contributed by atoms with Crippen LogP contribution in [-0.4, -0.2) is 55.6 Å². The van der Waals surface area contributed by atoms with E-state index in [4.69, 9.17) is 5.73 Å². The summed E-state index contributed by atoms with van der Waals surface area (Å²) in [7, 11) is 4.56. The summed E-state index contributed by atoms with van der Waals surface area (Å²) in [6.45, 7) is 9.37. The number of rotatable bonds is 4. The lowest BCUT2D eigenvalue weighted by atomic mass is 9.68. The van der Waals surface area contributed by atoms with E-state index in [1.807, 2.05) is 0 Å². The summed E-state index contributed by atoms with van der Waals surface area (Å²) in [6.07, 6.45) is 5.35. The molecule has 1 aliphatic carbocycles. The molecule has 2 rings (SSSR count). The lowest BCUT2D eigenvalue weighted by molar-refractivity contribution is 0.00586. The third-order valence-corrected chi connectivity index (χ3v) is 5.85. The van der Waals surface area contributed by atoms with Gasteiger partial charge >= 0.3 is 0 Å². The largest absolute Gasteiger partial charge is 0.329 e. The maximum atomic E-state index is 6.24. The maximum Gasteiger partial charge on any atom is 0.0356 e. The Morgan fingerprint density at radius 2 is 2.00 bits per heavy atom. The first-order valence-corrected chi connectivity index (χ1v) is 8.07. The van der Waals surface area contributed by atoms with Gasteiger partial charge in [-0.3, -0.25) is 4.90 Å². The Hall–Kier alpha value is -0.120. The molecule has 3 heteroatoms. The standard InChI is InChI=1S/C16H33N3/c1-13-5-6-14(2)16(9-13,12-17)19(4)11-15-7-8-18(3)10-15/h13-15H,5-12,17H2,1-4H3. The van der Waals surface area contributed by atoms with E-state index in [1.165, 1.54) is 45.3 Å². The molecule has 1 saturated carbocycles. The number of hydrogen-bond donors (Lipinski definition) is 1. The zero-order chi connectivity index (χ0) is 14.0. The van der Waals surface area contributed by atoms with E-state index in [0.29, 0.717) is 0 Å². The topological polar surface area (TPSA) is 32.5 Å². The summed E-state index contributed by atoms with van der Waals surface area (Å²) in [4.78, 5) is 5.08. The van der Waals surface area contributed by atoms with Crippen molar-refractivity contribution in [2.75, 3.05) is 40.3 Å². The molecule has 2 fully saturated rings. The molecule has 0 spiro atoms. The van der Waals surface area contributed by atoms with Gasteiger partial charge in [-0.1, -0.05) is 20.3 Å². The number of likely N-dealkylation sites (tertiary alicyclic amines) is 1. The highest BCUT2D eigenvalue weighted by molar-refractivity contribution is 4.99. The second-order valence-electron chi connectivity index (χ2n) is 7.39. The summed E-state index contributed by atoms with van der Waals surface area (Å²) >= 11 is 0. The molecule has 2 N–H and O–H groups in total. The van der Waals surface area contributed by atoms with Crippen molar-refractivity contribution in [3.8, 4) is 0 Å². The second kappa shape index (κ2) is 6.11. The van der Waals surface area contributed by atoms with Crippen LogP contribution in [0.3, 0.4) is 0 Å². The highest BCUT2D eigenvalue weighted by Crippen LogP contribution is 2.40. The zero-order valence-corrected chi connectivity index (χ0v) is 13.4. The van der Waals surface area contributed by atoms with E-state index < -0.39 is 0 Å². The molecule has 2 aliphatic rings. The average molecular weight is 267 g/mol. The maximum absolute atomic E-state index is 6.24. The van der Waals surface area contributed by atoms with Crippen LogP contribution < -0.4 is 5.73 Å². The zero-order valence-electron chi connectivity index (χ0n) is 13.4. The van der Waals surface area contributed by atoms with Gasteiger partial charge in [-0.2, -0.15) is 0 Å².